The zero-order valence-electron chi connectivity index (χ0n) is 11.2. The fraction of sp³-hybridized carbons (Fsp3) is 0.538. The molecule has 0 aliphatic carbocycles. The molecule has 0 aliphatic rings. The maximum atomic E-state index is 12.2. The molecular weight excluding hydrogens is 273 g/mol. The third-order valence-corrected chi connectivity index (χ3v) is 2.80. The highest BCUT2D eigenvalue weighted by atomic mass is 19.4. The average Bonchev–Trinajstić information content (AvgIpc) is 2.37. The summed E-state index contributed by atoms with van der Waals surface area (Å²) in [5.41, 5.74) is 11.9. The molecule has 0 amide bonds. The molecule has 4 nitrogen and oxygen atoms in total. The molecule has 0 aliphatic heterocycles. The van der Waals surface area contributed by atoms with E-state index in [1.807, 2.05) is 0 Å². The second-order valence-electron chi connectivity index (χ2n) is 4.34. The number of hydrogen-bond donors (Lipinski definition) is 2. The Bertz CT molecular complexity index is 425. The number of benzene rings is 1. The molecule has 1 aromatic rings. The Morgan fingerprint density at radius 3 is 2.50 bits per heavy atom. The van der Waals surface area contributed by atoms with Crippen LogP contribution < -0.4 is 20.9 Å². The number of alkyl halides is 3. The highest BCUT2D eigenvalue weighted by Crippen LogP contribution is 2.32. The van der Waals surface area contributed by atoms with Crippen molar-refractivity contribution in [3.05, 3.63) is 23.8 Å². The van der Waals surface area contributed by atoms with Gasteiger partial charge in [0.05, 0.1) is 7.11 Å². The molecule has 114 valence electrons. The van der Waals surface area contributed by atoms with Crippen LogP contribution in [0.1, 0.15) is 30.9 Å². The van der Waals surface area contributed by atoms with E-state index in [1.165, 1.54) is 25.3 Å². The van der Waals surface area contributed by atoms with Gasteiger partial charge >= 0.3 is 6.36 Å². The van der Waals surface area contributed by atoms with Crippen LogP contribution in [-0.2, 0) is 0 Å². The Balaban J connectivity index is 2.87. The van der Waals surface area contributed by atoms with Gasteiger partial charge in [0.25, 0.3) is 0 Å². The van der Waals surface area contributed by atoms with E-state index in [0.29, 0.717) is 24.3 Å². The summed E-state index contributed by atoms with van der Waals surface area (Å²) in [6.07, 6.45) is -2.50. The van der Waals surface area contributed by atoms with Crippen molar-refractivity contribution in [3.63, 3.8) is 0 Å². The monoisotopic (exact) mass is 292 g/mol. The van der Waals surface area contributed by atoms with E-state index in [9.17, 15) is 13.2 Å². The Morgan fingerprint density at radius 1 is 1.25 bits per heavy atom. The molecule has 20 heavy (non-hydrogen) atoms. The van der Waals surface area contributed by atoms with Crippen LogP contribution in [0.2, 0.25) is 0 Å². The van der Waals surface area contributed by atoms with Crippen LogP contribution >= 0.6 is 0 Å². The topological polar surface area (TPSA) is 70.5 Å². The summed E-state index contributed by atoms with van der Waals surface area (Å²) < 4.78 is 45.6. The molecule has 0 fully saturated rings. The number of halogens is 3. The first-order valence-electron chi connectivity index (χ1n) is 6.26. The van der Waals surface area contributed by atoms with E-state index in [2.05, 4.69) is 4.74 Å². The van der Waals surface area contributed by atoms with Crippen LogP contribution in [0.3, 0.4) is 0 Å². The number of hydrogen-bond acceptors (Lipinski definition) is 4. The van der Waals surface area contributed by atoms with Gasteiger partial charge in [-0.1, -0.05) is 6.42 Å². The third-order valence-electron chi connectivity index (χ3n) is 2.80. The summed E-state index contributed by atoms with van der Waals surface area (Å²) in [5.74, 6) is 0.141. The predicted octanol–water partition coefficient (Wildman–Crippen LogP) is 2.72. The quantitative estimate of drug-likeness (QED) is 0.758. The van der Waals surface area contributed by atoms with Gasteiger partial charge in [0, 0.05) is 11.6 Å². The average molecular weight is 292 g/mol. The van der Waals surface area contributed by atoms with Gasteiger partial charge in [-0.3, -0.25) is 0 Å². The molecule has 7 heteroatoms. The van der Waals surface area contributed by atoms with E-state index in [0.717, 1.165) is 12.8 Å². The van der Waals surface area contributed by atoms with Gasteiger partial charge in [-0.25, -0.2) is 0 Å². The number of unbranched alkanes of at least 4 members (excludes halogenated alkanes) is 1. The smallest absolute Gasteiger partial charge is 0.496 e. The van der Waals surface area contributed by atoms with Crippen molar-refractivity contribution >= 4 is 0 Å². The molecule has 0 aromatic heterocycles. The van der Waals surface area contributed by atoms with Gasteiger partial charge in [-0.05, 0) is 37.6 Å². The second kappa shape index (κ2) is 7.35. The molecule has 1 rings (SSSR count). The maximum Gasteiger partial charge on any atom is 0.573 e. The molecule has 0 spiro atoms. The summed E-state index contributed by atoms with van der Waals surface area (Å²) in [7, 11) is 1.44. The number of rotatable bonds is 7. The molecule has 0 saturated heterocycles. The first kappa shape index (κ1) is 16.6. The number of ether oxygens (including phenoxy) is 2. The standard InChI is InChI=1S/C13H19F3N2O2/c1-19-12-6-5-9(20-13(14,15)16)8-10(12)11(18)4-2-3-7-17/h5-6,8,11H,2-4,7,17-18H2,1H3/t11-/m1/s1. The van der Waals surface area contributed by atoms with Crippen LogP contribution in [0.15, 0.2) is 18.2 Å². The van der Waals surface area contributed by atoms with E-state index in [4.69, 9.17) is 16.2 Å². The second-order valence-corrected chi connectivity index (χ2v) is 4.34. The molecule has 0 radical (unpaired) electrons. The predicted molar refractivity (Wildman–Crippen MR) is 69.5 cm³/mol. The van der Waals surface area contributed by atoms with Crippen LogP contribution in [0.5, 0.6) is 11.5 Å². The lowest BCUT2D eigenvalue weighted by molar-refractivity contribution is -0.274. The third kappa shape index (κ3) is 5.26. The SMILES string of the molecule is COc1ccc(OC(F)(F)F)cc1[C@H](N)CCCCN. The van der Waals surface area contributed by atoms with Gasteiger partial charge in [0.2, 0.25) is 0 Å². The normalized spacial score (nSPS) is 13.1. The van der Waals surface area contributed by atoms with E-state index < -0.39 is 12.4 Å². The molecule has 4 N–H and O–H groups in total. The van der Waals surface area contributed by atoms with Gasteiger partial charge in [0.1, 0.15) is 11.5 Å². The Morgan fingerprint density at radius 2 is 1.95 bits per heavy atom. The van der Waals surface area contributed by atoms with Gasteiger partial charge in [0.15, 0.2) is 0 Å². The van der Waals surface area contributed by atoms with Gasteiger partial charge in [-0.15, -0.1) is 13.2 Å². The van der Waals surface area contributed by atoms with Crippen LogP contribution in [0.4, 0.5) is 13.2 Å². The van der Waals surface area contributed by atoms with Gasteiger partial charge < -0.3 is 20.9 Å². The van der Waals surface area contributed by atoms with E-state index in [1.54, 1.807) is 0 Å². The number of methoxy groups -OCH3 is 1. The number of nitrogens with two attached hydrogens (primary N) is 2. The minimum atomic E-state index is -4.73. The molecule has 0 heterocycles. The molecule has 0 saturated carbocycles. The van der Waals surface area contributed by atoms with Crippen molar-refractivity contribution in [1.29, 1.82) is 0 Å². The van der Waals surface area contributed by atoms with Crippen molar-refractivity contribution < 1.29 is 22.6 Å². The Labute approximate surface area is 115 Å². The van der Waals surface area contributed by atoms with Crippen molar-refractivity contribution in [2.45, 2.75) is 31.7 Å². The van der Waals surface area contributed by atoms with Crippen LogP contribution in [-0.4, -0.2) is 20.0 Å². The van der Waals surface area contributed by atoms with Crippen molar-refractivity contribution in [2.75, 3.05) is 13.7 Å². The van der Waals surface area contributed by atoms with Crippen molar-refractivity contribution in [3.8, 4) is 11.5 Å². The van der Waals surface area contributed by atoms with Crippen LogP contribution in [0, 0.1) is 0 Å². The first-order valence-corrected chi connectivity index (χ1v) is 6.26. The largest absolute Gasteiger partial charge is 0.573 e. The van der Waals surface area contributed by atoms with Crippen molar-refractivity contribution in [2.24, 2.45) is 11.5 Å². The molecule has 1 aromatic carbocycles. The van der Waals surface area contributed by atoms with E-state index in [-0.39, 0.29) is 5.75 Å². The lowest BCUT2D eigenvalue weighted by Gasteiger charge is -2.17. The summed E-state index contributed by atoms with van der Waals surface area (Å²) >= 11 is 0. The lowest BCUT2D eigenvalue weighted by atomic mass is 10.0. The fourth-order valence-electron chi connectivity index (χ4n) is 1.86. The highest BCUT2D eigenvalue weighted by Gasteiger charge is 2.31. The van der Waals surface area contributed by atoms with Gasteiger partial charge in [-0.2, -0.15) is 0 Å². The summed E-state index contributed by atoms with van der Waals surface area (Å²) in [5, 5.41) is 0. The zero-order valence-corrected chi connectivity index (χ0v) is 11.2. The highest BCUT2D eigenvalue weighted by molar-refractivity contribution is 5.42. The Hall–Kier alpha value is -1.47. The van der Waals surface area contributed by atoms with Crippen molar-refractivity contribution in [1.82, 2.24) is 0 Å². The maximum absolute atomic E-state index is 12.2. The summed E-state index contributed by atoms with van der Waals surface area (Å²) in [6, 6.07) is 3.45. The molecular formula is C13H19F3N2O2. The van der Waals surface area contributed by atoms with E-state index >= 15 is 0 Å². The molecule has 0 unspecified atom stereocenters. The lowest BCUT2D eigenvalue weighted by Crippen LogP contribution is -2.18. The fourth-order valence-corrected chi connectivity index (χ4v) is 1.86. The summed E-state index contributed by atoms with van der Waals surface area (Å²) in [6.45, 7) is 0.557. The Kier molecular flexibility index (Phi) is 6.09. The molecule has 0 bridgehead atoms. The molecule has 1 atom stereocenters. The van der Waals surface area contributed by atoms with Crippen LogP contribution in [0.25, 0.3) is 0 Å². The first-order chi connectivity index (χ1) is 9.37. The summed E-state index contributed by atoms with van der Waals surface area (Å²) in [4.78, 5) is 0. The zero-order chi connectivity index (χ0) is 15.2. The minimum absolute atomic E-state index is 0.303. The minimum Gasteiger partial charge on any atom is -0.496 e.